The molecule has 2 rings (SSSR count). The molecule has 5 nitrogen and oxygen atoms in total. The Balaban J connectivity index is 0.00000364. The third kappa shape index (κ3) is 6.66. The highest BCUT2D eigenvalue weighted by Gasteiger charge is 2.20. The van der Waals surface area contributed by atoms with Crippen LogP contribution >= 0.6 is 12.4 Å². The van der Waals surface area contributed by atoms with Crippen LogP contribution in [0.4, 0.5) is 4.39 Å². The van der Waals surface area contributed by atoms with Gasteiger partial charge in [-0.25, -0.2) is 4.39 Å². The Morgan fingerprint density at radius 3 is 2.11 bits per heavy atom. The Kier molecular flexibility index (Phi) is 8.91. The van der Waals surface area contributed by atoms with Crippen molar-refractivity contribution >= 4 is 24.2 Å². The summed E-state index contributed by atoms with van der Waals surface area (Å²) < 4.78 is 13.2. The number of nitrogens with two attached hydrogens (primary N) is 1. The first kappa shape index (κ1) is 22.6. The van der Waals surface area contributed by atoms with Crippen LogP contribution in [-0.2, 0) is 9.59 Å². The van der Waals surface area contributed by atoms with Crippen molar-refractivity contribution < 1.29 is 14.0 Å². The molecule has 1 unspecified atom stereocenters. The zero-order chi connectivity index (χ0) is 19.1. The molecule has 7 heteroatoms. The summed E-state index contributed by atoms with van der Waals surface area (Å²) in [6, 6.07) is 14.2. The fourth-order valence-corrected chi connectivity index (χ4v) is 2.46. The SMILES string of the molecule is CC(C)[C@H](N)C(=O)NCC(=O)NC(c1ccccc1)c1ccc(F)cc1.Cl. The Bertz CT molecular complexity index is 739. The Labute approximate surface area is 164 Å². The number of hydrogen-bond acceptors (Lipinski definition) is 3. The second kappa shape index (κ2) is 10.6. The van der Waals surface area contributed by atoms with Gasteiger partial charge in [0.1, 0.15) is 5.82 Å². The third-order valence-corrected chi connectivity index (χ3v) is 4.09. The fourth-order valence-electron chi connectivity index (χ4n) is 2.46. The van der Waals surface area contributed by atoms with E-state index in [1.807, 2.05) is 44.2 Å². The maximum Gasteiger partial charge on any atom is 0.240 e. The molecule has 0 fully saturated rings. The monoisotopic (exact) mass is 393 g/mol. The number of hydrogen-bond donors (Lipinski definition) is 3. The number of halogens is 2. The first-order valence-electron chi connectivity index (χ1n) is 8.51. The van der Waals surface area contributed by atoms with Crippen LogP contribution in [0.1, 0.15) is 31.0 Å². The van der Waals surface area contributed by atoms with Crippen molar-refractivity contribution in [3.63, 3.8) is 0 Å². The summed E-state index contributed by atoms with van der Waals surface area (Å²) in [5.41, 5.74) is 7.37. The Hall–Kier alpha value is -2.44. The minimum absolute atomic E-state index is 0. The smallest absolute Gasteiger partial charge is 0.240 e. The van der Waals surface area contributed by atoms with E-state index in [2.05, 4.69) is 10.6 Å². The predicted molar refractivity (Wildman–Crippen MR) is 106 cm³/mol. The van der Waals surface area contributed by atoms with Crippen LogP contribution in [0.15, 0.2) is 54.6 Å². The molecule has 0 radical (unpaired) electrons. The molecule has 2 atom stereocenters. The van der Waals surface area contributed by atoms with Crippen LogP contribution in [0.3, 0.4) is 0 Å². The topological polar surface area (TPSA) is 84.2 Å². The first-order valence-corrected chi connectivity index (χ1v) is 8.51. The van der Waals surface area contributed by atoms with Crippen LogP contribution < -0.4 is 16.4 Å². The molecule has 4 N–H and O–H groups in total. The van der Waals surface area contributed by atoms with Gasteiger partial charge in [0.2, 0.25) is 11.8 Å². The lowest BCUT2D eigenvalue weighted by Gasteiger charge is -2.21. The van der Waals surface area contributed by atoms with E-state index < -0.39 is 12.1 Å². The molecule has 0 aliphatic rings. The largest absolute Gasteiger partial charge is 0.346 e. The van der Waals surface area contributed by atoms with E-state index in [0.717, 1.165) is 11.1 Å². The van der Waals surface area contributed by atoms with Crippen molar-refractivity contribution in [2.75, 3.05) is 6.54 Å². The normalized spacial score (nSPS) is 12.6. The van der Waals surface area contributed by atoms with E-state index in [1.165, 1.54) is 12.1 Å². The number of benzene rings is 2. The maximum atomic E-state index is 13.2. The van der Waals surface area contributed by atoms with E-state index in [0.29, 0.717) is 0 Å². The lowest BCUT2D eigenvalue weighted by Crippen LogP contribution is -2.47. The second-order valence-electron chi connectivity index (χ2n) is 6.45. The summed E-state index contributed by atoms with van der Waals surface area (Å²) in [6.45, 7) is 3.50. The van der Waals surface area contributed by atoms with Gasteiger partial charge in [-0.05, 0) is 29.2 Å². The summed E-state index contributed by atoms with van der Waals surface area (Å²) in [5, 5.41) is 5.42. The fraction of sp³-hybridized carbons (Fsp3) is 0.300. The van der Waals surface area contributed by atoms with Gasteiger partial charge >= 0.3 is 0 Å². The second-order valence-corrected chi connectivity index (χ2v) is 6.45. The Morgan fingerprint density at radius 1 is 1.00 bits per heavy atom. The third-order valence-electron chi connectivity index (χ3n) is 4.09. The van der Waals surface area contributed by atoms with Gasteiger partial charge < -0.3 is 16.4 Å². The van der Waals surface area contributed by atoms with Crippen LogP contribution in [0.25, 0.3) is 0 Å². The van der Waals surface area contributed by atoms with Gasteiger partial charge in [-0.2, -0.15) is 0 Å². The number of amides is 2. The van der Waals surface area contributed by atoms with E-state index in [-0.39, 0.29) is 42.5 Å². The lowest BCUT2D eigenvalue weighted by molar-refractivity contribution is -0.127. The Morgan fingerprint density at radius 2 is 1.56 bits per heavy atom. The highest BCUT2D eigenvalue weighted by molar-refractivity contribution is 5.87. The summed E-state index contributed by atoms with van der Waals surface area (Å²) in [4.78, 5) is 24.2. The van der Waals surface area contributed by atoms with Crippen LogP contribution in [0, 0.1) is 11.7 Å². The lowest BCUT2D eigenvalue weighted by atomic mass is 9.98. The highest BCUT2D eigenvalue weighted by Crippen LogP contribution is 2.22. The quantitative estimate of drug-likeness (QED) is 0.675. The molecule has 0 aliphatic heterocycles. The highest BCUT2D eigenvalue weighted by atomic mass is 35.5. The van der Waals surface area contributed by atoms with Gasteiger partial charge in [-0.3, -0.25) is 9.59 Å². The molecular formula is C20H25ClFN3O2. The standard InChI is InChI=1S/C20H24FN3O2.ClH/c1-13(2)18(22)20(26)23-12-17(25)24-19(14-6-4-3-5-7-14)15-8-10-16(21)11-9-15;/h3-11,13,18-19H,12,22H2,1-2H3,(H,23,26)(H,24,25);1H/t18-,19?;/m0./s1. The van der Waals surface area contributed by atoms with Crippen LogP contribution in [-0.4, -0.2) is 24.4 Å². The number of rotatable bonds is 7. The van der Waals surface area contributed by atoms with Crippen molar-refractivity contribution in [3.8, 4) is 0 Å². The van der Waals surface area contributed by atoms with Crippen LogP contribution in [0.2, 0.25) is 0 Å². The van der Waals surface area contributed by atoms with Crippen molar-refractivity contribution in [3.05, 3.63) is 71.5 Å². The summed E-state index contributed by atoms with van der Waals surface area (Å²) in [5.74, 6) is -1.09. The molecule has 0 saturated heterocycles. The van der Waals surface area contributed by atoms with E-state index in [9.17, 15) is 14.0 Å². The molecule has 0 spiro atoms. The van der Waals surface area contributed by atoms with E-state index in [1.54, 1.807) is 12.1 Å². The van der Waals surface area contributed by atoms with E-state index in [4.69, 9.17) is 5.73 Å². The van der Waals surface area contributed by atoms with Gasteiger partial charge in [0.05, 0.1) is 18.6 Å². The zero-order valence-corrected chi connectivity index (χ0v) is 16.1. The molecule has 2 aromatic rings. The molecular weight excluding hydrogens is 369 g/mol. The van der Waals surface area contributed by atoms with Gasteiger partial charge in [0, 0.05) is 0 Å². The van der Waals surface area contributed by atoms with Gasteiger partial charge in [-0.1, -0.05) is 56.3 Å². The number of carbonyl (C=O) groups excluding carboxylic acids is 2. The summed E-state index contributed by atoms with van der Waals surface area (Å²) >= 11 is 0. The molecule has 0 saturated carbocycles. The zero-order valence-electron chi connectivity index (χ0n) is 15.3. The average Bonchev–Trinajstić information content (AvgIpc) is 2.65. The minimum atomic E-state index is -0.662. The number of carbonyl (C=O) groups is 2. The molecule has 0 aromatic heterocycles. The minimum Gasteiger partial charge on any atom is -0.346 e. The molecule has 27 heavy (non-hydrogen) atoms. The van der Waals surface area contributed by atoms with Crippen molar-refractivity contribution in [2.45, 2.75) is 25.9 Å². The maximum absolute atomic E-state index is 13.2. The molecule has 0 heterocycles. The summed E-state index contributed by atoms with van der Waals surface area (Å²) in [6.07, 6.45) is 0. The number of nitrogens with one attached hydrogen (secondary N) is 2. The van der Waals surface area contributed by atoms with Gasteiger partial charge in [0.15, 0.2) is 0 Å². The average molecular weight is 394 g/mol. The summed E-state index contributed by atoms with van der Waals surface area (Å²) in [7, 11) is 0. The molecule has 0 aliphatic carbocycles. The molecule has 2 aromatic carbocycles. The van der Waals surface area contributed by atoms with Crippen molar-refractivity contribution in [2.24, 2.45) is 11.7 Å². The van der Waals surface area contributed by atoms with Crippen molar-refractivity contribution in [1.82, 2.24) is 10.6 Å². The predicted octanol–water partition coefficient (Wildman–Crippen LogP) is 2.55. The molecule has 146 valence electrons. The van der Waals surface area contributed by atoms with Gasteiger partial charge in [0.25, 0.3) is 0 Å². The molecule has 2 amide bonds. The first-order chi connectivity index (χ1) is 12.4. The van der Waals surface area contributed by atoms with Gasteiger partial charge in [-0.15, -0.1) is 12.4 Å². The van der Waals surface area contributed by atoms with Crippen LogP contribution in [0.5, 0.6) is 0 Å². The van der Waals surface area contributed by atoms with Crippen molar-refractivity contribution in [1.29, 1.82) is 0 Å². The molecule has 0 bridgehead atoms. The van der Waals surface area contributed by atoms with E-state index >= 15 is 0 Å².